The van der Waals surface area contributed by atoms with E-state index in [2.05, 4.69) is 10.6 Å². The normalized spacial score (nSPS) is 25.5. The van der Waals surface area contributed by atoms with Gasteiger partial charge in [-0.1, -0.05) is 0 Å². The molecule has 2 N–H and O–H groups in total. The molecule has 1 aliphatic heterocycles. The van der Waals surface area contributed by atoms with Crippen LogP contribution in [0.15, 0.2) is 0 Å². The van der Waals surface area contributed by atoms with Crippen molar-refractivity contribution in [1.82, 2.24) is 10.6 Å². The number of rotatable bonds is 4. The van der Waals surface area contributed by atoms with Crippen molar-refractivity contribution in [2.24, 2.45) is 0 Å². The fourth-order valence-electron chi connectivity index (χ4n) is 1.27. The fourth-order valence-corrected chi connectivity index (χ4v) is 1.27. The second kappa shape index (κ2) is 4.63. The SMILES string of the molecule is FCCNC[C@@H]1CCCN1. The summed E-state index contributed by atoms with van der Waals surface area (Å²) in [4.78, 5) is 0. The minimum atomic E-state index is -0.257. The Bertz CT molecular complexity index is 81.7. The molecule has 0 aromatic carbocycles. The highest BCUT2D eigenvalue weighted by Crippen LogP contribution is 2.02. The lowest BCUT2D eigenvalue weighted by molar-refractivity contribution is 0.448. The molecule has 0 saturated carbocycles. The lowest BCUT2D eigenvalue weighted by Crippen LogP contribution is -2.34. The monoisotopic (exact) mass is 146 g/mol. The van der Waals surface area contributed by atoms with Gasteiger partial charge in [-0.25, -0.2) is 4.39 Å². The molecule has 0 aromatic heterocycles. The largest absolute Gasteiger partial charge is 0.313 e. The van der Waals surface area contributed by atoms with Gasteiger partial charge < -0.3 is 10.6 Å². The standard InChI is InChI=1S/C7H15FN2/c8-3-5-9-6-7-2-1-4-10-7/h7,9-10H,1-6H2/t7-/m0/s1. The van der Waals surface area contributed by atoms with Gasteiger partial charge in [-0.15, -0.1) is 0 Å². The lowest BCUT2D eigenvalue weighted by Gasteiger charge is -2.09. The molecule has 0 radical (unpaired) electrons. The molecule has 0 aliphatic carbocycles. The number of hydrogen-bond donors (Lipinski definition) is 2. The molecule has 1 aliphatic rings. The van der Waals surface area contributed by atoms with Crippen LogP contribution in [0.1, 0.15) is 12.8 Å². The molecule has 0 bridgehead atoms. The zero-order valence-corrected chi connectivity index (χ0v) is 6.20. The van der Waals surface area contributed by atoms with Crippen molar-refractivity contribution in [1.29, 1.82) is 0 Å². The molecule has 3 heteroatoms. The molecule has 1 rings (SSSR count). The molecule has 0 spiro atoms. The first-order valence-electron chi connectivity index (χ1n) is 3.93. The molecule has 1 fully saturated rings. The topological polar surface area (TPSA) is 24.1 Å². The van der Waals surface area contributed by atoms with Crippen LogP contribution >= 0.6 is 0 Å². The highest BCUT2D eigenvalue weighted by molar-refractivity contribution is 4.75. The van der Waals surface area contributed by atoms with Crippen molar-refractivity contribution in [2.45, 2.75) is 18.9 Å². The highest BCUT2D eigenvalue weighted by atomic mass is 19.1. The van der Waals surface area contributed by atoms with Crippen LogP contribution in [0.3, 0.4) is 0 Å². The maximum Gasteiger partial charge on any atom is 0.102 e. The summed E-state index contributed by atoms with van der Waals surface area (Å²) in [6, 6.07) is 0.589. The van der Waals surface area contributed by atoms with Crippen LogP contribution in [0.2, 0.25) is 0 Å². The molecule has 0 unspecified atom stereocenters. The van der Waals surface area contributed by atoms with Crippen LogP contribution in [-0.4, -0.2) is 32.4 Å². The third-order valence-corrected chi connectivity index (χ3v) is 1.82. The van der Waals surface area contributed by atoms with E-state index in [1.54, 1.807) is 0 Å². The predicted molar refractivity (Wildman–Crippen MR) is 39.9 cm³/mol. The van der Waals surface area contributed by atoms with Crippen LogP contribution in [-0.2, 0) is 0 Å². The summed E-state index contributed by atoms with van der Waals surface area (Å²) in [6.45, 7) is 2.29. The van der Waals surface area contributed by atoms with Crippen LogP contribution in [0.25, 0.3) is 0 Å². The number of nitrogens with one attached hydrogen (secondary N) is 2. The summed E-state index contributed by atoms with van der Waals surface area (Å²) < 4.78 is 11.6. The average Bonchev–Trinajstić information content (AvgIpc) is 2.41. The smallest absolute Gasteiger partial charge is 0.102 e. The van der Waals surface area contributed by atoms with Gasteiger partial charge in [0.05, 0.1) is 0 Å². The first-order valence-corrected chi connectivity index (χ1v) is 3.93. The summed E-state index contributed by atoms with van der Waals surface area (Å²) in [7, 11) is 0. The molecular formula is C7H15FN2. The first kappa shape index (κ1) is 7.95. The van der Waals surface area contributed by atoms with E-state index in [0.717, 1.165) is 13.1 Å². The van der Waals surface area contributed by atoms with Gasteiger partial charge in [0.25, 0.3) is 0 Å². The zero-order chi connectivity index (χ0) is 7.23. The second-order valence-corrected chi connectivity index (χ2v) is 2.69. The third-order valence-electron chi connectivity index (χ3n) is 1.82. The molecule has 1 saturated heterocycles. The molecule has 0 aromatic rings. The molecule has 60 valence electrons. The van der Waals surface area contributed by atoms with Gasteiger partial charge >= 0.3 is 0 Å². The Morgan fingerprint density at radius 3 is 3.10 bits per heavy atom. The van der Waals surface area contributed by atoms with Crippen molar-refractivity contribution in [3.63, 3.8) is 0 Å². The zero-order valence-electron chi connectivity index (χ0n) is 6.20. The van der Waals surface area contributed by atoms with Crippen LogP contribution in [0, 0.1) is 0 Å². The van der Waals surface area contributed by atoms with Gasteiger partial charge in [0, 0.05) is 19.1 Å². The molecule has 1 atom stereocenters. The van der Waals surface area contributed by atoms with Gasteiger partial charge in [0.1, 0.15) is 6.67 Å². The van der Waals surface area contributed by atoms with E-state index in [9.17, 15) is 4.39 Å². The van der Waals surface area contributed by atoms with E-state index in [-0.39, 0.29) is 6.67 Å². The third kappa shape index (κ3) is 2.62. The van der Waals surface area contributed by atoms with E-state index in [1.165, 1.54) is 12.8 Å². The van der Waals surface area contributed by atoms with Crippen molar-refractivity contribution in [2.75, 3.05) is 26.3 Å². The Morgan fingerprint density at radius 1 is 1.60 bits per heavy atom. The van der Waals surface area contributed by atoms with Gasteiger partial charge in [-0.3, -0.25) is 0 Å². The van der Waals surface area contributed by atoms with E-state index >= 15 is 0 Å². The summed E-state index contributed by atoms with van der Waals surface area (Å²) >= 11 is 0. The van der Waals surface area contributed by atoms with Gasteiger partial charge in [0.2, 0.25) is 0 Å². The number of halogens is 1. The van der Waals surface area contributed by atoms with Crippen LogP contribution in [0.4, 0.5) is 4.39 Å². The summed E-state index contributed by atoms with van der Waals surface area (Å²) in [5.74, 6) is 0. The Labute approximate surface area is 61.2 Å². The highest BCUT2D eigenvalue weighted by Gasteiger charge is 2.12. The van der Waals surface area contributed by atoms with Crippen LogP contribution in [0.5, 0.6) is 0 Å². The number of hydrogen-bond acceptors (Lipinski definition) is 2. The van der Waals surface area contributed by atoms with E-state index in [0.29, 0.717) is 12.6 Å². The Hall–Kier alpha value is -0.150. The molecule has 0 amide bonds. The van der Waals surface area contributed by atoms with Gasteiger partial charge in [-0.2, -0.15) is 0 Å². The van der Waals surface area contributed by atoms with Crippen molar-refractivity contribution < 1.29 is 4.39 Å². The minimum Gasteiger partial charge on any atom is -0.313 e. The summed E-state index contributed by atoms with van der Waals surface area (Å²) in [6.07, 6.45) is 2.50. The fraction of sp³-hybridized carbons (Fsp3) is 1.00. The van der Waals surface area contributed by atoms with Gasteiger partial charge in [-0.05, 0) is 19.4 Å². The molecule has 2 nitrogen and oxygen atoms in total. The predicted octanol–water partition coefficient (Wildman–Crippen LogP) is 0.297. The van der Waals surface area contributed by atoms with Gasteiger partial charge in [0.15, 0.2) is 0 Å². The van der Waals surface area contributed by atoms with Crippen molar-refractivity contribution in [3.05, 3.63) is 0 Å². The maximum absolute atomic E-state index is 11.6. The second-order valence-electron chi connectivity index (χ2n) is 2.69. The number of alkyl halides is 1. The molecular weight excluding hydrogens is 131 g/mol. The molecule has 10 heavy (non-hydrogen) atoms. The first-order chi connectivity index (χ1) is 4.93. The van der Waals surface area contributed by atoms with E-state index < -0.39 is 0 Å². The minimum absolute atomic E-state index is 0.257. The van der Waals surface area contributed by atoms with E-state index in [4.69, 9.17) is 0 Å². The van der Waals surface area contributed by atoms with E-state index in [1.807, 2.05) is 0 Å². The molecule has 1 heterocycles. The van der Waals surface area contributed by atoms with Crippen LogP contribution < -0.4 is 10.6 Å². The lowest BCUT2D eigenvalue weighted by atomic mass is 10.2. The Balaban J connectivity index is 1.91. The summed E-state index contributed by atoms with van der Waals surface area (Å²) in [5.41, 5.74) is 0. The quantitative estimate of drug-likeness (QED) is 0.557. The Kier molecular flexibility index (Phi) is 3.68. The van der Waals surface area contributed by atoms with Crippen molar-refractivity contribution in [3.8, 4) is 0 Å². The maximum atomic E-state index is 11.6. The van der Waals surface area contributed by atoms with Crippen molar-refractivity contribution >= 4 is 0 Å². The average molecular weight is 146 g/mol. The summed E-state index contributed by atoms with van der Waals surface area (Å²) in [5, 5.41) is 6.37. The Morgan fingerprint density at radius 2 is 2.50 bits per heavy atom.